The van der Waals surface area contributed by atoms with Crippen LogP contribution in [0.5, 0.6) is 0 Å². The van der Waals surface area contributed by atoms with E-state index >= 15 is 0 Å². The number of imide groups is 1. The molecular weight excluding hydrogens is 312 g/mol. The summed E-state index contributed by atoms with van der Waals surface area (Å²) in [5.41, 5.74) is 4.77. The number of anilines is 1. The highest BCUT2D eigenvalue weighted by molar-refractivity contribution is 6.18. The fourth-order valence-corrected chi connectivity index (χ4v) is 3.44. The second-order valence-electron chi connectivity index (χ2n) is 6.33. The van der Waals surface area contributed by atoms with Crippen LogP contribution in [-0.4, -0.2) is 30.8 Å². The van der Waals surface area contributed by atoms with Crippen LogP contribution in [-0.2, 0) is 9.59 Å². The molecule has 0 bridgehead atoms. The highest BCUT2D eigenvalue weighted by Gasteiger charge is 2.32. The second kappa shape index (κ2) is 6.10. The van der Waals surface area contributed by atoms with Gasteiger partial charge in [-0.25, -0.2) is 0 Å². The molecule has 0 spiro atoms. The molecule has 0 N–H and O–H groups in total. The average molecular weight is 332 g/mol. The Hall–Kier alpha value is -3.06. The minimum absolute atomic E-state index is 0.229. The summed E-state index contributed by atoms with van der Waals surface area (Å²) in [6, 6.07) is 8.24. The monoisotopic (exact) mass is 332 g/mol. The van der Waals surface area contributed by atoms with Gasteiger partial charge < -0.3 is 4.90 Å². The first-order chi connectivity index (χ1) is 11.9. The molecule has 2 amide bonds. The SMILES string of the molecule is C#CC1=C(C)/C(=C/C=C2\C(C)c3ccccc3N2C)C(=O)N(C)C1=O. The van der Waals surface area contributed by atoms with Crippen molar-refractivity contribution >= 4 is 17.5 Å². The van der Waals surface area contributed by atoms with Gasteiger partial charge in [-0.15, -0.1) is 6.42 Å². The topological polar surface area (TPSA) is 40.6 Å². The van der Waals surface area contributed by atoms with Crippen molar-refractivity contribution in [1.82, 2.24) is 4.90 Å². The number of carbonyl (C=O) groups excluding carboxylic acids is 2. The lowest BCUT2D eigenvalue weighted by atomic mass is 9.94. The molecule has 1 atom stereocenters. The number of fused-ring (bicyclic) bond motifs is 1. The number of amides is 2. The Labute approximate surface area is 148 Å². The molecule has 4 heteroatoms. The molecule has 0 saturated carbocycles. The molecule has 2 heterocycles. The van der Waals surface area contributed by atoms with E-state index in [1.807, 2.05) is 25.3 Å². The molecular formula is C21H20N2O2. The molecule has 25 heavy (non-hydrogen) atoms. The molecule has 0 saturated heterocycles. The van der Waals surface area contributed by atoms with Crippen molar-refractivity contribution in [1.29, 1.82) is 0 Å². The smallest absolute Gasteiger partial charge is 0.269 e. The van der Waals surface area contributed by atoms with E-state index in [1.165, 1.54) is 18.3 Å². The zero-order valence-electron chi connectivity index (χ0n) is 14.8. The van der Waals surface area contributed by atoms with Gasteiger partial charge in [-0.2, -0.15) is 0 Å². The first-order valence-electron chi connectivity index (χ1n) is 8.13. The number of likely N-dealkylation sites (N-methyl/N-ethyl adjacent to an activating group) is 2. The predicted octanol–water partition coefficient (Wildman–Crippen LogP) is 3.00. The first kappa shape index (κ1) is 16.8. The van der Waals surface area contributed by atoms with Gasteiger partial charge >= 0.3 is 0 Å². The van der Waals surface area contributed by atoms with Crippen LogP contribution in [0.4, 0.5) is 5.69 Å². The summed E-state index contributed by atoms with van der Waals surface area (Å²) < 4.78 is 0. The molecule has 0 fully saturated rings. The van der Waals surface area contributed by atoms with Gasteiger partial charge in [0, 0.05) is 37.0 Å². The number of benzene rings is 1. The van der Waals surface area contributed by atoms with Gasteiger partial charge in [-0.1, -0.05) is 31.0 Å². The lowest BCUT2D eigenvalue weighted by Gasteiger charge is -2.24. The van der Waals surface area contributed by atoms with Crippen molar-refractivity contribution in [2.24, 2.45) is 0 Å². The Bertz CT molecular complexity index is 881. The molecule has 126 valence electrons. The van der Waals surface area contributed by atoms with Gasteiger partial charge in [0.2, 0.25) is 0 Å². The molecule has 0 aromatic heterocycles. The van der Waals surface area contributed by atoms with Crippen molar-refractivity contribution in [2.75, 3.05) is 19.0 Å². The van der Waals surface area contributed by atoms with Crippen LogP contribution in [0, 0.1) is 12.3 Å². The maximum atomic E-state index is 12.5. The maximum absolute atomic E-state index is 12.5. The Morgan fingerprint density at radius 3 is 2.40 bits per heavy atom. The third-order valence-corrected chi connectivity index (χ3v) is 4.99. The molecule has 1 aromatic rings. The predicted molar refractivity (Wildman–Crippen MR) is 98.7 cm³/mol. The Morgan fingerprint density at radius 1 is 1.08 bits per heavy atom. The van der Waals surface area contributed by atoms with Crippen molar-refractivity contribution in [3.05, 3.63) is 64.4 Å². The first-order valence-corrected chi connectivity index (χ1v) is 8.13. The molecule has 3 rings (SSSR count). The second-order valence-corrected chi connectivity index (χ2v) is 6.33. The largest absolute Gasteiger partial charge is 0.347 e. The average Bonchev–Trinajstić information content (AvgIpc) is 2.85. The molecule has 2 aliphatic heterocycles. The molecule has 1 aromatic carbocycles. The van der Waals surface area contributed by atoms with E-state index in [-0.39, 0.29) is 17.4 Å². The zero-order chi connectivity index (χ0) is 18.3. The molecule has 4 nitrogen and oxygen atoms in total. The van der Waals surface area contributed by atoms with E-state index in [2.05, 4.69) is 29.9 Å². The van der Waals surface area contributed by atoms with Gasteiger partial charge in [0.05, 0.1) is 5.57 Å². The fourth-order valence-electron chi connectivity index (χ4n) is 3.44. The van der Waals surface area contributed by atoms with E-state index < -0.39 is 5.91 Å². The normalized spacial score (nSPS) is 23.6. The standard InChI is InChI=1S/C21H20N2O2/c1-6-15-13(2)17(21(25)23(5)20(15)24)11-12-18-14(3)16-9-7-8-10-19(16)22(18)4/h1,7-12,14H,2-5H3/b17-11-,18-12+. The highest BCUT2D eigenvalue weighted by atomic mass is 16.2. The van der Waals surface area contributed by atoms with E-state index in [0.29, 0.717) is 11.1 Å². The third kappa shape index (κ3) is 2.49. The number of hydrogen-bond donors (Lipinski definition) is 0. The Balaban J connectivity index is 2.06. The molecule has 2 aliphatic rings. The van der Waals surface area contributed by atoms with Crippen LogP contribution < -0.4 is 4.90 Å². The van der Waals surface area contributed by atoms with Crippen LogP contribution in [0.15, 0.2) is 58.8 Å². The summed E-state index contributed by atoms with van der Waals surface area (Å²) in [7, 11) is 3.47. The van der Waals surface area contributed by atoms with Crippen molar-refractivity contribution < 1.29 is 9.59 Å². The summed E-state index contributed by atoms with van der Waals surface area (Å²) >= 11 is 0. The summed E-state index contributed by atoms with van der Waals surface area (Å²) in [5.74, 6) is 1.89. The number of para-hydroxylation sites is 1. The lowest BCUT2D eigenvalue weighted by molar-refractivity contribution is -0.138. The Morgan fingerprint density at radius 2 is 1.76 bits per heavy atom. The third-order valence-electron chi connectivity index (χ3n) is 4.99. The van der Waals surface area contributed by atoms with Gasteiger partial charge in [-0.3, -0.25) is 14.5 Å². The van der Waals surface area contributed by atoms with E-state index in [4.69, 9.17) is 6.42 Å². The summed E-state index contributed by atoms with van der Waals surface area (Å²) in [5, 5.41) is 0. The summed E-state index contributed by atoms with van der Waals surface area (Å²) in [6.07, 6.45) is 9.17. The minimum atomic E-state index is -0.423. The number of rotatable bonds is 1. The molecule has 0 aliphatic carbocycles. The maximum Gasteiger partial charge on any atom is 0.269 e. The van der Waals surface area contributed by atoms with Crippen molar-refractivity contribution in [3.63, 3.8) is 0 Å². The van der Waals surface area contributed by atoms with Crippen LogP contribution in [0.3, 0.4) is 0 Å². The van der Waals surface area contributed by atoms with Crippen molar-refractivity contribution in [3.8, 4) is 12.3 Å². The van der Waals surface area contributed by atoms with Gasteiger partial charge in [0.15, 0.2) is 0 Å². The van der Waals surface area contributed by atoms with E-state index in [0.717, 1.165) is 10.6 Å². The number of hydrogen-bond acceptors (Lipinski definition) is 3. The van der Waals surface area contributed by atoms with Crippen LogP contribution >= 0.6 is 0 Å². The summed E-state index contributed by atoms with van der Waals surface area (Å²) in [6.45, 7) is 3.86. The van der Waals surface area contributed by atoms with Crippen LogP contribution in [0.2, 0.25) is 0 Å². The van der Waals surface area contributed by atoms with Gasteiger partial charge in [0.25, 0.3) is 11.8 Å². The number of allylic oxidation sites excluding steroid dienone is 3. The van der Waals surface area contributed by atoms with Crippen LogP contribution in [0.25, 0.3) is 0 Å². The molecule has 1 unspecified atom stereocenters. The summed E-state index contributed by atoms with van der Waals surface area (Å²) in [4.78, 5) is 27.8. The van der Waals surface area contributed by atoms with Crippen LogP contribution in [0.1, 0.15) is 25.3 Å². The van der Waals surface area contributed by atoms with Crippen molar-refractivity contribution in [2.45, 2.75) is 19.8 Å². The molecule has 0 radical (unpaired) electrons. The number of terminal acetylenes is 1. The fraction of sp³-hybridized carbons (Fsp3) is 0.238. The quantitative estimate of drug-likeness (QED) is 0.451. The minimum Gasteiger partial charge on any atom is -0.347 e. The zero-order valence-corrected chi connectivity index (χ0v) is 14.8. The number of nitrogens with zero attached hydrogens (tertiary/aromatic N) is 2. The Kier molecular flexibility index (Phi) is 4.10. The van der Waals surface area contributed by atoms with E-state index in [9.17, 15) is 9.59 Å². The van der Waals surface area contributed by atoms with Gasteiger partial charge in [0.1, 0.15) is 0 Å². The van der Waals surface area contributed by atoms with E-state index in [1.54, 1.807) is 13.0 Å². The lowest BCUT2D eigenvalue weighted by Crippen LogP contribution is -2.39. The van der Waals surface area contributed by atoms with Gasteiger partial charge in [-0.05, 0) is 36.3 Å². The number of carbonyl (C=O) groups is 2. The highest BCUT2D eigenvalue weighted by Crippen LogP contribution is 2.42.